The van der Waals surface area contributed by atoms with Crippen molar-refractivity contribution in [1.29, 1.82) is 0 Å². The molecule has 1 aromatic carbocycles. The third-order valence-corrected chi connectivity index (χ3v) is 11.3. The molecule has 1 aromatic heterocycles. The highest BCUT2D eigenvalue weighted by Gasteiger charge is 2.51. The number of hydrogen-bond acceptors (Lipinski definition) is 4. The Morgan fingerprint density at radius 3 is 2.60 bits per heavy atom. The van der Waals surface area contributed by atoms with Gasteiger partial charge in [0.2, 0.25) is 0 Å². The van der Waals surface area contributed by atoms with E-state index in [1.54, 1.807) is 9.36 Å². The summed E-state index contributed by atoms with van der Waals surface area (Å²) in [6.07, 6.45) is 12.7. The Kier molecular flexibility index (Phi) is 7.80. The summed E-state index contributed by atoms with van der Waals surface area (Å²) in [6.45, 7) is 9.13. The van der Waals surface area contributed by atoms with Gasteiger partial charge in [-0.3, -0.25) is 0 Å². The number of para-hydroxylation sites is 1. The molecule has 4 aliphatic rings. The lowest BCUT2D eigenvalue weighted by atomic mass is 9.60. The van der Waals surface area contributed by atoms with Gasteiger partial charge in [-0.15, -0.1) is 0 Å². The molecule has 42 heavy (non-hydrogen) atoms. The second-order valence-electron chi connectivity index (χ2n) is 14.6. The van der Waals surface area contributed by atoms with Crippen LogP contribution >= 0.6 is 0 Å². The van der Waals surface area contributed by atoms with Crippen LogP contribution in [0.2, 0.25) is 0 Å². The van der Waals surface area contributed by atoms with Crippen LogP contribution in [0.4, 0.5) is 0 Å². The molecule has 2 heterocycles. The minimum atomic E-state index is -0.610. The van der Waals surface area contributed by atoms with Gasteiger partial charge in [-0.2, -0.15) is 0 Å². The van der Waals surface area contributed by atoms with E-state index in [9.17, 15) is 19.8 Å². The maximum Gasteiger partial charge on any atom is 0.352 e. The number of benzene rings is 1. The average molecular weight is 576 g/mol. The van der Waals surface area contributed by atoms with Crippen molar-refractivity contribution in [3.8, 4) is 5.69 Å². The molecule has 2 saturated carbocycles. The molecule has 228 valence electrons. The molecule has 0 bridgehead atoms. The van der Waals surface area contributed by atoms with Crippen LogP contribution in [-0.4, -0.2) is 35.8 Å². The van der Waals surface area contributed by atoms with Crippen molar-refractivity contribution in [3.05, 3.63) is 74.1 Å². The zero-order chi connectivity index (χ0) is 29.8. The van der Waals surface area contributed by atoms with Crippen LogP contribution in [0.1, 0.15) is 104 Å². The number of allylic oxidation sites excluding steroid dienone is 3. The monoisotopic (exact) mass is 575 g/mol. The molecular weight excluding hydrogens is 526 g/mol. The fourth-order valence-corrected chi connectivity index (χ4v) is 9.19. The summed E-state index contributed by atoms with van der Waals surface area (Å²) >= 11 is 0. The first kappa shape index (κ1) is 29.4. The highest BCUT2D eigenvalue weighted by molar-refractivity contribution is 5.35. The number of aliphatic hydroxyl groups excluding tert-OH is 1. The first-order valence-electron chi connectivity index (χ1n) is 16.3. The third kappa shape index (κ3) is 5.21. The first-order valence-corrected chi connectivity index (χ1v) is 16.3. The van der Waals surface area contributed by atoms with Crippen molar-refractivity contribution >= 4 is 0 Å². The fourth-order valence-electron chi connectivity index (χ4n) is 9.19. The topological polar surface area (TPSA) is 89.4 Å². The van der Waals surface area contributed by atoms with E-state index < -0.39 is 11.7 Å². The molecule has 2 N–H and O–H groups in total. The van der Waals surface area contributed by atoms with Crippen molar-refractivity contribution < 1.29 is 10.2 Å². The molecule has 7 nitrogen and oxygen atoms in total. The molecule has 6 atom stereocenters. The second-order valence-corrected chi connectivity index (χ2v) is 14.6. The van der Waals surface area contributed by atoms with E-state index in [1.807, 2.05) is 44.2 Å². The minimum Gasteiger partial charge on any atom is -0.393 e. The molecule has 2 fully saturated rings. The summed E-state index contributed by atoms with van der Waals surface area (Å²) < 4.78 is 4.65. The molecule has 0 unspecified atom stereocenters. The molecule has 3 aliphatic carbocycles. The summed E-state index contributed by atoms with van der Waals surface area (Å²) in [5, 5.41) is 20.9. The summed E-state index contributed by atoms with van der Waals surface area (Å²) in [5.74, 6) is 1.72. The number of aliphatic hydroxyl groups is 2. The smallest absolute Gasteiger partial charge is 0.352 e. The van der Waals surface area contributed by atoms with Gasteiger partial charge in [-0.05, 0) is 118 Å². The molecule has 0 amide bonds. The van der Waals surface area contributed by atoms with Crippen LogP contribution in [0.3, 0.4) is 0 Å². The fraction of sp³-hybridized carbons (Fsp3) is 0.657. The highest BCUT2D eigenvalue weighted by Crippen LogP contribution is 2.60. The maximum atomic E-state index is 14.0. The van der Waals surface area contributed by atoms with Crippen LogP contribution < -0.4 is 11.4 Å². The second kappa shape index (κ2) is 11.1. The molecule has 0 spiro atoms. The van der Waals surface area contributed by atoms with E-state index in [-0.39, 0.29) is 22.8 Å². The molecule has 0 saturated heterocycles. The Labute approximate surface area is 249 Å². The summed E-state index contributed by atoms with van der Waals surface area (Å²) in [4.78, 5) is 27.7. The van der Waals surface area contributed by atoms with Crippen molar-refractivity contribution in [1.82, 2.24) is 13.9 Å². The van der Waals surface area contributed by atoms with Gasteiger partial charge < -0.3 is 10.2 Å². The first-order chi connectivity index (χ1) is 20.0. The largest absolute Gasteiger partial charge is 0.393 e. The Morgan fingerprint density at radius 1 is 1.10 bits per heavy atom. The number of fused-ring (bicyclic) bond motifs is 2. The van der Waals surface area contributed by atoms with Crippen molar-refractivity contribution in [2.75, 3.05) is 0 Å². The van der Waals surface area contributed by atoms with E-state index >= 15 is 0 Å². The van der Waals surface area contributed by atoms with Crippen molar-refractivity contribution in [2.24, 2.45) is 23.2 Å². The van der Waals surface area contributed by atoms with Crippen LogP contribution in [0, 0.1) is 23.2 Å². The molecular formula is C35H49N3O4. The Morgan fingerprint density at radius 2 is 1.86 bits per heavy atom. The van der Waals surface area contributed by atoms with Gasteiger partial charge in [0, 0.05) is 0 Å². The van der Waals surface area contributed by atoms with Crippen LogP contribution in [-0.2, 0) is 6.54 Å². The average Bonchev–Trinajstić information content (AvgIpc) is 3.42. The molecule has 0 radical (unpaired) electrons. The Bertz CT molecular complexity index is 1490. The highest BCUT2D eigenvalue weighted by atomic mass is 16.3. The van der Waals surface area contributed by atoms with Gasteiger partial charge in [0.1, 0.15) is 0 Å². The van der Waals surface area contributed by atoms with Crippen LogP contribution in [0.15, 0.2) is 62.7 Å². The molecule has 2 aromatic rings. The predicted molar refractivity (Wildman–Crippen MR) is 166 cm³/mol. The van der Waals surface area contributed by atoms with Gasteiger partial charge in [-0.25, -0.2) is 23.5 Å². The summed E-state index contributed by atoms with van der Waals surface area (Å²) in [6, 6.07) is 8.89. The third-order valence-electron chi connectivity index (χ3n) is 11.3. The van der Waals surface area contributed by atoms with E-state index in [1.165, 1.54) is 28.6 Å². The van der Waals surface area contributed by atoms with E-state index in [4.69, 9.17) is 0 Å². The lowest BCUT2D eigenvalue weighted by Crippen LogP contribution is -2.39. The van der Waals surface area contributed by atoms with Gasteiger partial charge in [0.15, 0.2) is 0 Å². The zero-order valence-electron chi connectivity index (χ0n) is 25.9. The summed E-state index contributed by atoms with van der Waals surface area (Å²) in [5.41, 5.74) is 3.39. The van der Waals surface area contributed by atoms with Crippen molar-refractivity contribution in [2.45, 2.75) is 123 Å². The molecule has 7 heteroatoms. The Hall–Kier alpha value is -2.64. The number of hydrogen-bond donors (Lipinski definition) is 2. The van der Waals surface area contributed by atoms with E-state index in [0.29, 0.717) is 42.8 Å². The lowest BCUT2D eigenvalue weighted by molar-refractivity contribution is 0.0596. The number of rotatable bonds is 7. The normalized spacial score (nSPS) is 31.1. The molecule has 6 rings (SSSR count). The van der Waals surface area contributed by atoms with Crippen molar-refractivity contribution in [3.63, 3.8) is 0 Å². The predicted octanol–water partition coefficient (Wildman–Crippen LogP) is 5.92. The quantitative estimate of drug-likeness (QED) is 0.402. The SMILES string of the molecule is C[C@H](CCCC(C)(C)O)[C@H]1CC[C@H]2/C(=C/[C@H]3C4=C(CC[C@H](O)C4)Cn4c(=O)n(-c5ccccc5)c(=O)n43)CCC[C@]12C. The molecule has 1 aliphatic heterocycles. The lowest BCUT2D eigenvalue weighted by Gasteiger charge is -2.45. The van der Waals surface area contributed by atoms with E-state index in [2.05, 4.69) is 19.9 Å². The standard InChI is InChI=1S/C35H49N3O4/c1-23(10-8-18-34(2,3)42)29-16-17-30-24(11-9-19-35(29,30)4)20-31-28-21-27(39)15-14-25(28)22-36-32(40)37(33(41)38(31)36)26-12-6-5-7-13-26/h5-7,12-13,20,23,27,29-31,39,42H,8-11,14-19,21-22H2,1-4H3/b24-20+/t23-,27+,29-,30+,31+,35-/m1/s1. The summed E-state index contributed by atoms with van der Waals surface area (Å²) in [7, 11) is 0. The number of aromatic nitrogens is 3. The van der Waals surface area contributed by atoms with Crippen LogP contribution in [0.25, 0.3) is 5.69 Å². The van der Waals surface area contributed by atoms with Crippen LogP contribution in [0.5, 0.6) is 0 Å². The van der Waals surface area contributed by atoms with E-state index in [0.717, 1.165) is 50.5 Å². The van der Waals surface area contributed by atoms with Gasteiger partial charge in [-0.1, -0.05) is 56.5 Å². The maximum absolute atomic E-state index is 14.0. The van der Waals surface area contributed by atoms with Gasteiger partial charge in [0.05, 0.1) is 30.0 Å². The number of nitrogens with zero attached hydrogens (tertiary/aromatic N) is 3. The van der Waals surface area contributed by atoms with Gasteiger partial charge in [0.25, 0.3) is 0 Å². The zero-order valence-corrected chi connectivity index (χ0v) is 25.9. The minimum absolute atomic E-state index is 0.219. The Balaban J connectivity index is 1.37. The van der Waals surface area contributed by atoms with Gasteiger partial charge >= 0.3 is 11.4 Å².